The Hall–Kier alpha value is -1.62. The highest BCUT2D eigenvalue weighted by atomic mass is 32.2. The van der Waals surface area contributed by atoms with Gasteiger partial charge < -0.3 is 4.90 Å². The van der Waals surface area contributed by atoms with Gasteiger partial charge in [-0.1, -0.05) is 25.6 Å². The Balaban J connectivity index is 1.32. The van der Waals surface area contributed by atoms with Crippen molar-refractivity contribution in [3.63, 3.8) is 0 Å². The van der Waals surface area contributed by atoms with Crippen LogP contribution in [0.15, 0.2) is 5.16 Å². The van der Waals surface area contributed by atoms with Crippen LogP contribution in [0.2, 0.25) is 0 Å². The normalized spacial score (nSPS) is 27.2. The lowest BCUT2D eigenvalue weighted by Crippen LogP contribution is -2.40. The summed E-state index contributed by atoms with van der Waals surface area (Å²) >= 11 is 3.41. The van der Waals surface area contributed by atoms with Gasteiger partial charge in [-0.2, -0.15) is 0 Å². The van der Waals surface area contributed by atoms with E-state index in [9.17, 15) is 4.79 Å². The zero-order chi connectivity index (χ0) is 22.0. The molecule has 0 aromatic carbocycles. The average molecular weight is 474 g/mol. The number of hydrogen-bond acceptors (Lipinski definition) is 8. The van der Waals surface area contributed by atoms with E-state index >= 15 is 0 Å². The molecule has 6 rings (SSSR count). The van der Waals surface area contributed by atoms with Crippen molar-refractivity contribution < 1.29 is 4.79 Å². The SMILES string of the molecule is CC1CCN(C(=O)CSc2nnc3n2-c2sc4c(c2C2NC(C)NN32)C[C@H](C)CC4)CC1. The molecule has 0 spiro atoms. The highest BCUT2D eigenvalue weighted by molar-refractivity contribution is 7.99. The summed E-state index contributed by atoms with van der Waals surface area (Å²) in [6.45, 7) is 8.51. The Morgan fingerprint density at radius 1 is 1.16 bits per heavy atom. The fraction of sp³-hybridized carbons (Fsp3) is 0.682. The average Bonchev–Trinajstić information content (AvgIpc) is 3.46. The Morgan fingerprint density at radius 3 is 2.78 bits per heavy atom. The van der Waals surface area contributed by atoms with Crippen LogP contribution in [0.5, 0.6) is 0 Å². The number of fused-ring (bicyclic) bond motifs is 8. The summed E-state index contributed by atoms with van der Waals surface area (Å²) in [7, 11) is 0. The molecule has 2 saturated heterocycles. The lowest BCUT2D eigenvalue weighted by molar-refractivity contribution is -0.129. The van der Waals surface area contributed by atoms with Crippen LogP contribution in [-0.2, 0) is 17.6 Å². The van der Waals surface area contributed by atoms with Crippen molar-refractivity contribution in [1.82, 2.24) is 30.4 Å². The van der Waals surface area contributed by atoms with E-state index in [2.05, 4.69) is 51.3 Å². The zero-order valence-corrected chi connectivity index (χ0v) is 20.6. The maximum absolute atomic E-state index is 12.9. The van der Waals surface area contributed by atoms with Crippen molar-refractivity contribution in [2.45, 2.75) is 70.4 Å². The summed E-state index contributed by atoms with van der Waals surface area (Å²) in [6.07, 6.45) is 5.98. The molecule has 4 aliphatic rings. The minimum absolute atomic E-state index is 0.0804. The van der Waals surface area contributed by atoms with Gasteiger partial charge in [-0.05, 0) is 56.4 Å². The van der Waals surface area contributed by atoms with Crippen molar-refractivity contribution in [3.8, 4) is 5.00 Å². The molecule has 172 valence electrons. The van der Waals surface area contributed by atoms with E-state index < -0.39 is 0 Å². The zero-order valence-electron chi connectivity index (χ0n) is 18.9. The number of aryl methyl sites for hydroxylation is 1. The molecule has 32 heavy (non-hydrogen) atoms. The molecule has 2 aromatic heterocycles. The van der Waals surface area contributed by atoms with Gasteiger partial charge in [0.1, 0.15) is 11.2 Å². The number of likely N-dealkylation sites (tertiary alicyclic amines) is 1. The molecular formula is C22H31N7OS2. The maximum Gasteiger partial charge on any atom is 0.249 e. The molecule has 1 amide bonds. The number of rotatable bonds is 3. The van der Waals surface area contributed by atoms with Gasteiger partial charge in [0.2, 0.25) is 11.9 Å². The molecule has 0 saturated carbocycles. The molecule has 5 heterocycles. The summed E-state index contributed by atoms with van der Waals surface area (Å²) in [5, 5.41) is 16.9. The molecule has 0 bridgehead atoms. The van der Waals surface area contributed by atoms with E-state index in [0.717, 1.165) is 55.8 Å². The third-order valence-electron chi connectivity index (χ3n) is 7.30. The number of piperidine rings is 1. The fourth-order valence-electron chi connectivity index (χ4n) is 5.40. The molecule has 3 atom stereocenters. The molecule has 0 radical (unpaired) electrons. The van der Waals surface area contributed by atoms with Gasteiger partial charge in [0.05, 0.1) is 11.9 Å². The lowest BCUT2D eigenvalue weighted by Gasteiger charge is -2.31. The number of carbonyl (C=O) groups excluding carboxylic acids is 1. The Kier molecular flexibility index (Phi) is 5.24. The fourth-order valence-corrected chi connectivity index (χ4v) is 7.66. The quantitative estimate of drug-likeness (QED) is 0.664. The number of carbonyl (C=O) groups is 1. The number of anilines is 1. The van der Waals surface area contributed by atoms with Crippen molar-refractivity contribution in [1.29, 1.82) is 0 Å². The van der Waals surface area contributed by atoms with Crippen LogP contribution in [0, 0.1) is 11.8 Å². The van der Waals surface area contributed by atoms with Gasteiger partial charge in [-0.3, -0.25) is 15.1 Å². The maximum atomic E-state index is 12.9. The van der Waals surface area contributed by atoms with Gasteiger partial charge in [-0.25, -0.2) is 9.99 Å². The van der Waals surface area contributed by atoms with Crippen molar-refractivity contribution in [2.75, 3.05) is 23.9 Å². The van der Waals surface area contributed by atoms with Crippen LogP contribution in [0.3, 0.4) is 0 Å². The van der Waals surface area contributed by atoms with E-state index in [1.54, 1.807) is 0 Å². The number of thioether (sulfide) groups is 1. The molecule has 2 fully saturated rings. The van der Waals surface area contributed by atoms with E-state index in [1.165, 1.54) is 39.2 Å². The van der Waals surface area contributed by atoms with Crippen LogP contribution >= 0.6 is 23.1 Å². The molecule has 3 aliphatic heterocycles. The van der Waals surface area contributed by atoms with Crippen LogP contribution < -0.4 is 15.8 Å². The van der Waals surface area contributed by atoms with Crippen LogP contribution in [0.25, 0.3) is 5.00 Å². The predicted molar refractivity (Wildman–Crippen MR) is 127 cm³/mol. The smallest absolute Gasteiger partial charge is 0.249 e. The second kappa shape index (κ2) is 8.00. The molecule has 2 unspecified atom stereocenters. The molecular weight excluding hydrogens is 442 g/mol. The topological polar surface area (TPSA) is 78.3 Å². The molecule has 2 N–H and O–H groups in total. The Labute approximate surface area is 197 Å². The van der Waals surface area contributed by atoms with Gasteiger partial charge in [0.15, 0.2) is 5.16 Å². The lowest BCUT2D eigenvalue weighted by atomic mass is 9.87. The van der Waals surface area contributed by atoms with Gasteiger partial charge >= 0.3 is 0 Å². The third kappa shape index (κ3) is 3.38. The van der Waals surface area contributed by atoms with Crippen LogP contribution in [0.1, 0.15) is 62.2 Å². The first-order chi connectivity index (χ1) is 15.5. The molecule has 1 aliphatic carbocycles. The van der Waals surface area contributed by atoms with E-state index in [-0.39, 0.29) is 18.2 Å². The van der Waals surface area contributed by atoms with E-state index in [0.29, 0.717) is 11.7 Å². The highest BCUT2D eigenvalue weighted by Gasteiger charge is 2.44. The van der Waals surface area contributed by atoms with E-state index in [4.69, 9.17) is 0 Å². The number of nitrogens with one attached hydrogen (secondary N) is 2. The molecule has 8 nitrogen and oxygen atoms in total. The minimum atomic E-state index is 0.0804. The number of hydrogen-bond donors (Lipinski definition) is 2. The second-order valence-corrected chi connectivity index (χ2v) is 11.9. The van der Waals surface area contributed by atoms with Crippen molar-refractivity contribution in [2.24, 2.45) is 11.8 Å². The van der Waals surface area contributed by atoms with Crippen molar-refractivity contribution >= 4 is 35.0 Å². The highest BCUT2D eigenvalue weighted by Crippen LogP contribution is 2.48. The number of aromatic nitrogens is 3. The number of amides is 1. The molecule has 2 aromatic rings. The minimum Gasteiger partial charge on any atom is -0.342 e. The monoisotopic (exact) mass is 473 g/mol. The first-order valence-corrected chi connectivity index (χ1v) is 13.6. The standard InChI is InChI=1S/C22H31N7OS2/c1-12-6-8-27(9-7-12)17(30)11-31-22-25-24-21-28(22)20-18(19-23-14(3)26-29(19)21)15-10-13(2)4-5-16(15)32-20/h12-14,19,23,26H,4-11H2,1-3H3/t13-,14?,19?/m1/s1. The second-order valence-electron chi connectivity index (χ2n) is 9.83. The van der Waals surface area contributed by atoms with Gasteiger partial charge in [0.25, 0.3) is 0 Å². The van der Waals surface area contributed by atoms with Crippen LogP contribution in [0.4, 0.5) is 5.95 Å². The number of hydrazine groups is 1. The first-order valence-electron chi connectivity index (χ1n) is 11.8. The van der Waals surface area contributed by atoms with Gasteiger partial charge in [-0.15, -0.1) is 21.5 Å². The summed E-state index contributed by atoms with van der Waals surface area (Å²) in [4.78, 5) is 16.4. The van der Waals surface area contributed by atoms with E-state index in [1.807, 2.05) is 16.2 Å². The number of thiophene rings is 1. The summed E-state index contributed by atoms with van der Waals surface area (Å²) < 4.78 is 2.18. The predicted octanol–water partition coefficient (Wildman–Crippen LogP) is 3.08. The summed E-state index contributed by atoms with van der Waals surface area (Å²) in [6, 6.07) is 0. The van der Waals surface area contributed by atoms with Crippen LogP contribution in [-0.4, -0.2) is 50.6 Å². The van der Waals surface area contributed by atoms with Crippen molar-refractivity contribution in [3.05, 3.63) is 16.0 Å². The summed E-state index contributed by atoms with van der Waals surface area (Å²) in [5.74, 6) is 2.87. The van der Waals surface area contributed by atoms with Gasteiger partial charge in [0, 0.05) is 23.5 Å². The summed E-state index contributed by atoms with van der Waals surface area (Å²) in [5.41, 5.74) is 6.40. The Bertz CT molecular complexity index is 1040. The first kappa shape index (κ1) is 20.9. The largest absolute Gasteiger partial charge is 0.342 e. The number of nitrogens with zero attached hydrogens (tertiary/aromatic N) is 5. The molecule has 10 heteroatoms. The Morgan fingerprint density at radius 2 is 1.97 bits per heavy atom. The third-order valence-corrected chi connectivity index (χ3v) is 9.50.